The van der Waals surface area contributed by atoms with Gasteiger partial charge >= 0.3 is 35.5 Å². The molecule has 0 atom stereocenters. The minimum Gasteiger partial charge on any atom is -0.478 e. The van der Waals surface area contributed by atoms with E-state index in [9.17, 15) is 32.5 Å². The summed E-state index contributed by atoms with van der Waals surface area (Å²) in [4.78, 5) is 35.2. The Morgan fingerprint density at radius 1 is 0.648 bits per heavy atom. The summed E-state index contributed by atoms with van der Waals surface area (Å²) in [5.74, 6) is -1.99. The average Bonchev–Trinajstić information content (AvgIpc) is 3.10. The molecule has 0 fully saturated rings. The molecule has 2 amide bonds. The number of carbonyl (C=O) groups excluding carboxylic acids is 2. The van der Waals surface area contributed by atoms with Crippen LogP contribution in [0.15, 0.2) is 133 Å². The van der Waals surface area contributed by atoms with Crippen LogP contribution in [0.1, 0.15) is 38.8 Å². The summed E-state index contributed by atoms with van der Waals surface area (Å²) >= 11 is 0. The number of aryl methyl sites for hydroxylation is 2. The van der Waals surface area contributed by atoms with Crippen LogP contribution in [0.25, 0.3) is 0 Å². The van der Waals surface area contributed by atoms with Crippen molar-refractivity contribution in [3.63, 3.8) is 0 Å². The van der Waals surface area contributed by atoms with Crippen LogP contribution >= 0.6 is 0 Å². The van der Waals surface area contributed by atoms with Gasteiger partial charge in [0.2, 0.25) is 5.91 Å². The zero-order chi connectivity index (χ0) is 38.3. The van der Waals surface area contributed by atoms with Crippen molar-refractivity contribution in [1.29, 1.82) is 0 Å². The number of nitrogens with one attached hydrogen (secondary N) is 2. The van der Waals surface area contributed by atoms with Crippen LogP contribution in [0.2, 0.25) is 0 Å². The molecule has 5 aromatic carbocycles. The Labute approximate surface area is 331 Å². The van der Waals surface area contributed by atoms with Crippen molar-refractivity contribution in [2.24, 2.45) is 30.7 Å². The van der Waals surface area contributed by atoms with Gasteiger partial charge in [-0.2, -0.15) is 28.9 Å². The van der Waals surface area contributed by atoms with E-state index in [0.29, 0.717) is 39.6 Å². The van der Waals surface area contributed by atoms with Gasteiger partial charge in [0.15, 0.2) is 0 Å². The summed E-state index contributed by atoms with van der Waals surface area (Å²) in [5, 5.41) is 39.4. The Hall–Kier alpha value is -5.98. The molecular weight excluding hydrogens is 726 g/mol. The average molecular weight is 757 g/mol. The number of nitrogens with zero attached hydrogens (tertiary/aromatic N) is 6. The number of amides is 2. The van der Waals surface area contributed by atoms with E-state index in [0.717, 1.165) is 17.7 Å². The van der Waals surface area contributed by atoms with Gasteiger partial charge in [0, 0.05) is 23.9 Å². The van der Waals surface area contributed by atoms with Crippen LogP contribution in [-0.2, 0) is 14.9 Å². The van der Waals surface area contributed by atoms with E-state index >= 15 is 0 Å². The molecule has 0 aliphatic rings. The van der Waals surface area contributed by atoms with Crippen LogP contribution in [0, 0.1) is 13.8 Å². The maximum Gasteiger partial charge on any atom is 1.00 e. The van der Waals surface area contributed by atoms with Gasteiger partial charge in [-0.3, -0.25) is 14.1 Å². The van der Waals surface area contributed by atoms with Gasteiger partial charge < -0.3 is 21.5 Å². The fraction of sp³-hybridized carbons (Fsp3) is 0.0833. The van der Waals surface area contributed by atoms with Crippen molar-refractivity contribution in [3.05, 3.63) is 119 Å². The monoisotopic (exact) mass is 756 g/mol. The summed E-state index contributed by atoms with van der Waals surface area (Å²) in [5.41, 5.74) is 9.67. The zero-order valence-corrected chi connectivity index (χ0v) is 32.2. The fourth-order valence-electron chi connectivity index (χ4n) is 4.74. The molecule has 0 heterocycles. The molecule has 0 unspecified atom stereocenters. The van der Waals surface area contributed by atoms with Crippen molar-refractivity contribution < 1.29 is 62.0 Å². The molecule has 5 aromatic rings. The summed E-state index contributed by atoms with van der Waals surface area (Å²) in [6.07, 6.45) is 0. The maximum atomic E-state index is 12.6. The molecule has 0 aromatic heterocycles. The number of anilines is 3. The molecule has 0 saturated carbocycles. The van der Waals surface area contributed by atoms with Gasteiger partial charge in [-0.05, 0) is 116 Å². The van der Waals surface area contributed by atoms with Gasteiger partial charge in [-0.25, -0.2) is 4.79 Å². The first-order chi connectivity index (χ1) is 25.2. The van der Waals surface area contributed by atoms with E-state index in [1.165, 1.54) is 31.2 Å². The number of carboxylic acids is 1. The SMILES string of the molecule is CC(=O)Nc1cc(N=Nc2ccc(N=Nc3ccc(NC(=O)c4ccc(N)cc4)cc3C)cc2C)c(S(=O)(=O)O)cc1N=Nc1cccc(C(=O)O)c1.[Na+]. The number of hydrogen-bond acceptors (Lipinski definition) is 12. The third-order valence-electron chi connectivity index (χ3n) is 7.38. The minimum absolute atomic E-state index is 0. The molecular formula is C36H31N9NaO7S+. The fourth-order valence-corrected chi connectivity index (χ4v) is 5.37. The Morgan fingerprint density at radius 2 is 1.24 bits per heavy atom. The van der Waals surface area contributed by atoms with Gasteiger partial charge in [-0.1, -0.05) is 6.07 Å². The summed E-state index contributed by atoms with van der Waals surface area (Å²) in [6.45, 7) is 4.78. The van der Waals surface area contributed by atoms with Crippen LogP contribution in [0.3, 0.4) is 0 Å². The van der Waals surface area contributed by atoms with E-state index in [2.05, 4.69) is 41.3 Å². The summed E-state index contributed by atoms with van der Waals surface area (Å²) in [6, 6.07) is 24.3. The molecule has 268 valence electrons. The number of nitrogens with two attached hydrogens (primary N) is 1. The maximum absolute atomic E-state index is 12.6. The second-order valence-electron chi connectivity index (χ2n) is 11.5. The summed E-state index contributed by atoms with van der Waals surface area (Å²) < 4.78 is 34.8. The Morgan fingerprint density at radius 3 is 1.85 bits per heavy atom. The van der Waals surface area contributed by atoms with Gasteiger partial charge in [-0.15, -0.1) is 10.2 Å². The molecule has 54 heavy (non-hydrogen) atoms. The minimum atomic E-state index is -4.88. The van der Waals surface area contributed by atoms with Crippen LogP contribution in [-0.4, -0.2) is 35.9 Å². The molecule has 0 aliphatic carbocycles. The molecule has 0 saturated heterocycles. The van der Waals surface area contributed by atoms with Crippen molar-refractivity contribution in [1.82, 2.24) is 0 Å². The molecule has 0 bridgehead atoms. The number of carboxylic acid groups (broad SMARTS) is 1. The third kappa shape index (κ3) is 10.8. The predicted molar refractivity (Wildman–Crippen MR) is 198 cm³/mol. The third-order valence-corrected chi connectivity index (χ3v) is 8.26. The second-order valence-corrected chi connectivity index (χ2v) is 12.9. The largest absolute Gasteiger partial charge is 1.00 e. The number of carbonyl (C=O) groups is 3. The van der Waals surface area contributed by atoms with Crippen molar-refractivity contribution >= 4 is 79.1 Å². The van der Waals surface area contributed by atoms with Gasteiger partial charge in [0.25, 0.3) is 16.0 Å². The topological polar surface area (TPSA) is 250 Å². The molecule has 0 radical (unpaired) electrons. The molecule has 0 aliphatic heterocycles. The molecule has 16 nitrogen and oxygen atoms in total. The smallest absolute Gasteiger partial charge is 0.478 e. The number of aromatic carboxylic acids is 1. The molecule has 18 heteroatoms. The number of rotatable bonds is 11. The summed E-state index contributed by atoms with van der Waals surface area (Å²) in [7, 11) is -4.88. The first kappa shape index (κ1) is 40.8. The van der Waals surface area contributed by atoms with E-state index in [-0.39, 0.29) is 63.8 Å². The van der Waals surface area contributed by atoms with Crippen molar-refractivity contribution in [2.45, 2.75) is 25.7 Å². The molecule has 0 spiro atoms. The van der Waals surface area contributed by atoms with E-state index in [1.807, 2.05) is 6.92 Å². The standard InChI is InChI=1S/C36H31N9O7S.Na/c1-20-15-26(39-35(47)23-7-9-25(37)10-8-23)11-13-29(20)42-41-28-12-14-30(21(2)16-28)43-45-33-18-31(38-22(3)46)32(19-34(33)53(50,51)52)44-40-27-6-4-5-24(17-27)36(48)49;/h4-19H,37H2,1-3H3,(H,38,46)(H,39,47)(H,48,49)(H,50,51,52);/q;+1. The second kappa shape index (κ2) is 17.7. The number of azo groups is 3. The molecule has 6 N–H and O–H groups in total. The van der Waals surface area contributed by atoms with Gasteiger partial charge in [0.05, 0.1) is 34.0 Å². The van der Waals surface area contributed by atoms with Crippen LogP contribution in [0.5, 0.6) is 0 Å². The first-order valence-electron chi connectivity index (χ1n) is 15.6. The van der Waals surface area contributed by atoms with E-state index in [1.54, 1.807) is 67.6 Å². The van der Waals surface area contributed by atoms with Crippen molar-refractivity contribution in [3.8, 4) is 0 Å². The van der Waals surface area contributed by atoms with E-state index in [4.69, 9.17) is 5.73 Å². The zero-order valence-electron chi connectivity index (χ0n) is 29.3. The number of hydrogen-bond donors (Lipinski definition) is 5. The van der Waals surface area contributed by atoms with Crippen molar-refractivity contribution in [2.75, 3.05) is 16.4 Å². The Balaban J connectivity index is 0.00000650. The van der Waals surface area contributed by atoms with Gasteiger partial charge in [0.1, 0.15) is 16.3 Å². The van der Waals surface area contributed by atoms with Crippen LogP contribution < -0.4 is 45.9 Å². The van der Waals surface area contributed by atoms with Crippen LogP contribution in [0.4, 0.5) is 51.2 Å². The number of benzene rings is 5. The number of nitrogen functional groups attached to an aromatic ring is 1. The first-order valence-corrected chi connectivity index (χ1v) is 17.0. The Bertz CT molecular complexity index is 2450. The quantitative estimate of drug-likeness (QED) is 0.0442. The normalized spacial score (nSPS) is 11.5. The predicted octanol–water partition coefficient (Wildman–Crippen LogP) is 6.29. The molecule has 5 rings (SSSR count). The Kier molecular flexibility index (Phi) is 13.4. The van der Waals surface area contributed by atoms with E-state index < -0.39 is 26.9 Å².